The Kier molecular flexibility index (Phi) is 12.4. The van der Waals surface area contributed by atoms with Gasteiger partial charge in [0.05, 0.1) is 21.2 Å². The molecule has 0 saturated heterocycles. The molecule has 3 aromatic carbocycles. The zero-order chi connectivity index (χ0) is 32.7. The highest BCUT2D eigenvalue weighted by atomic mass is 35.5. The van der Waals surface area contributed by atoms with Crippen LogP contribution in [0, 0.1) is 0 Å². The number of unbranched alkanes of at least 4 members (excludes halogenated alkanes) is 1. The fourth-order valence-corrected chi connectivity index (χ4v) is 6.56. The minimum atomic E-state index is -4.83. The topological polar surface area (TPSA) is 86.8 Å². The van der Waals surface area contributed by atoms with Crippen molar-refractivity contribution in [2.24, 2.45) is 0 Å². The lowest BCUT2D eigenvalue weighted by Crippen LogP contribution is -2.52. The van der Waals surface area contributed by atoms with E-state index in [0.29, 0.717) is 40.0 Å². The molecule has 0 aliphatic heterocycles. The van der Waals surface area contributed by atoms with E-state index in [-0.39, 0.29) is 27.9 Å². The number of rotatable bonds is 13. The number of amides is 2. The van der Waals surface area contributed by atoms with E-state index in [1.54, 1.807) is 25.1 Å². The van der Waals surface area contributed by atoms with Crippen LogP contribution >= 0.6 is 34.8 Å². The van der Waals surface area contributed by atoms with Crippen LogP contribution in [0.5, 0.6) is 0 Å². The van der Waals surface area contributed by atoms with Gasteiger partial charge >= 0.3 is 6.18 Å². The molecule has 1 unspecified atom stereocenters. The summed E-state index contributed by atoms with van der Waals surface area (Å²) in [6, 6.07) is 12.6. The van der Waals surface area contributed by atoms with Crippen molar-refractivity contribution in [2.45, 2.75) is 56.8 Å². The van der Waals surface area contributed by atoms with Crippen LogP contribution in [0.25, 0.3) is 0 Å². The van der Waals surface area contributed by atoms with Gasteiger partial charge in [-0.15, -0.1) is 0 Å². The number of nitrogens with zero attached hydrogens (tertiary/aromatic N) is 2. The molecule has 0 bridgehead atoms. The van der Waals surface area contributed by atoms with Crippen LogP contribution in [0.2, 0.25) is 15.1 Å². The first-order valence-electron chi connectivity index (χ1n) is 13.7. The maximum absolute atomic E-state index is 14.1. The van der Waals surface area contributed by atoms with Gasteiger partial charge in [-0.3, -0.25) is 13.9 Å². The Balaban J connectivity index is 2.15. The number of anilines is 1. The largest absolute Gasteiger partial charge is 0.416 e. The smallest absolute Gasteiger partial charge is 0.354 e. The Morgan fingerprint density at radius 1 is 0.932 bits per heavy atom. The molecule has 0 spiro atoms. The molecule has 0 saturated carbocycles. The first kappa shape index (κ1) is 35.5. The molecule has 0 aliphatic rings. The Labute approximate surface area is 269 Å². The van der Waals surface area contributed by atoms with Crippen molar-refractivity contribution in [1.29, 1.82) is 0 Å². The summed E-state index contributed by atoms with van der Waals surface area (Å²) in [4.78, 5) is 28.3. The van der Waals surface area contributed by atoms with Gasteiger partial charge < -0.3 is 10.2 Å². The summed E-state index contributed by atoms with van der Waals surface area (Å²) in [5.41, 5.74) is -1.30. The monoisotopic (exact) mass is 691 g/mol. The molecule has 7 nitrogen and oxygen atoms in total. The molecular weight excluding hydrogens is 662 g/mol. The number of hydrogen-bond acceptors (Lipinski definition) is 4. The maximum Gasteiger partial charge on any atom is 0.416 e. The lowest BCUT2D eigenvalue weighted by molar-refractivity contribution is -0.140. The van der Waals surface area contributed by atoms with Crippen molar-refractivity contribution in [3.05, 3.63) is 92.9 Å². The lowest BCUT2D eigenvalue weighted by atomic mass is 10.1. The number of hydrogen-bond donors (Lipinski definition) is 1. The van der Waals surface area contributed by atoms with Gasteiger partial charge in [0.2, 0.25) is 11.8 Å². The second kappa shape index (κ2) is 15.3. The number of carbonyl (C=O) groups excluding carboxylic acids is 2. The van der Waals surface area contributed by atoms with E-state index in [1.807, 2.05) is 6.92 Å². The minimum Gasteiger partial charge on any atom is -0.354 e. The Morgan fingerprint density at radius 3 is 2.20 bits per heavy atom. The molecule has 1 N–H and O–H groups in total. The van der Waals surface area contributed by atoms with E-state index in [4.69, 9.17) is 34.8 Å². The molecule has 3 rings (SSSR count). The molecule has 3 aromatic rings. The molecule has 0 fully saturated rings. The van der Waals surface area contributed by atoms with E-state index < -0.39 is 51.9 Å². The molecule has 0 radical (unpaired) electrons. The Hall–Kier alpha value is -2.99. The predicted molar refractivity (Wildman–Crippen MR) is 166 cm³/mol. The van der Waals surface area contributed by atoms with Gasteiger partial charge in [0, 0.05) is 23.1 Å². The number of alkyl halides is 3. The van der Waals surface area contributed by atoms with Gasteiger partial charge in [0.1, 0.15) is 12.6 Å². The van der Waals surface area contributed by atoms with Gasteiger partial charge in [-0.05, 0) is 60.9 Å². The zero-order valence-electron chi connectivity index (χ0n) is 23.9. The van der Waals surface area contributed by atoms with Crippen LogP contribution < -0.4 is 9.62 Å². The summed E-state index contributed by atoms with van der Waals surface area (Å²) in [5, 5.41) is 2.99. The number of halogens is 6. The van der Waals surface area contributed by atoms with Gasteiger partial charge in [-0.1, -0.05) is 79.3 Å². The van der Waals surface area contributed by atoms with Crippen LogP contribution in [0.4, 0.5) is 18.9 Å². The summed E-state index contributed by atoms with van der Waals surface area (Å²) < 4.78 is 69.4. The molecule has 0 aromatic heterocycles. The first-order chi connectivity index (χ1) is 20.7. The quantitative estimate of drug-likeness (QED) is 0.187. The van der Waals surface area contributed by atoms with Crippen LogP contribution in [0.3, 0.4) is 0 Å². The third-order valence-corrected chi connectivity index (χ3v) is 9.40. The summed E-state index contributed by atoms with van der Waals surface area (Å²) in [6.45, 7) is 2.79. The standard InChI is InChI=1S/C30H31Cl3F3N3O4S/c1-3-5-15-37-29(41)26(4-2)38(18-20-11-13-22(31)17-25(20)33)28(40)19-39(44(42,43)23-9-7-6-8-10-23)27-16-21(30(34,35)36)12-14-24(27)32/h6-14,16-17,26H,3-5,15,18-19H2,1-2H3,(H,37,41). The normalized spacial score (nSPS) is 12.5. The minimum absolute atomic E-state index is 0.144. The molecule has 44 heavy (non-hydrogen) atoms. The molecule has 1 atom stereocenters. The molecular formula is C30H31Cl3F3N3O4S. The molecule has 0 heterocycles. The lowest BCUT2D eigenvalue weighted by Gasteiger charge is -2.33. The summed E-state index contributed by atoms with van der Waals surface area (Å²) in [6.07, 6.45) is -3.18. The first-order valence-corrected chi connectivity index (χ1v) is 16.2. The fraction of sp³-hybridized carbons (Fsp3) is 0.333. The highest BCUT2D eigenvalue weighted by Gasteiger charge is 2.37. The Bertz CT molecular complexity index is 1570. The van der Waals surface area contributed by atoms with Gasteiger partial charge in [0.15, 0.2) is 0 Å². The molecule has 0 aliphatic carbocycles. The van der Waals surface area contributed by atoms with Crippen molar-refractivity contribution >= 4 is 62.3 Å². The maximum atomic E-state index is 14.1. The predicted octanol–water partition coefficient (Wildman–Crippen LogP) is 7.58. The number of carbonyl (C=O) groups is 2. The van der Waals surface area contributed by atoms with Crippen LogP contribution in [0.1, 0.15) is 44.2 Å². The summed E-state index contributed by atoms with van der Waals surface area (Å²) in [5.74, 6) is -1.35. The molecule has 14 heteroatoms. The van der Waals surface area contributed by atoms with Crippen molar-refractivity contribution in [3.8, 4) is 0 Å². The zero-order valence-corrected chi connectivity index (χ0v) is 27.0. The van der Waals surface area contributed by atoms with Gasteiger partial charge in [-0.25, -0.2) is 8.42 Å². The number of nitrogens with one attached hydrogen (secondary N) is 1. The average Bonchev–Trinajstić information content (AvgIpc) is 2.97. The van der Waals surface area contributed by atoms with E-state index in [2.05, 4.69) is 5.32 Å². The molecule has 2 amide bonds. The second-order valence-corrected chi connectivity index (χ2v) is 12.9. The van der Waals surface area contributed by atoms with Crippen molar-refractivity contribution in [2.75, 3.05) is 17.4 Å². The van der Waals surface area contributed by atoms with Crippen molar-refractivity contribution in [3.63, 3.8) is 0 Å². The van der Waals surface area contributed by atoms with Crippen LogP contribution in [-0.4, -0.2) is 44.3 Å². The van der Waals surface area contributed by atoms with E-state index in [1.165, 1.54) is 30.3 Å². The molecule has 238 valence electrons. The number of sulfonamides is 1. The highest BCUT2D eigenvalue weighted by Crippen LogP contribution is 2.37. The van der Waals surface area contributed by atoms with Crippen molar-refractivity contribution < 1.29 is 31.2 Å². The third kappa shape index (κ3) is 8.80. The third-order valence-electron chi connectivity index (χ3n) is 6.72. The van der Waals surface area contributed by atoms with Gasteiger partial charge in [-0.2, -0.15) is 13.2 Å². The van der Waals surface area contributed by atoms with E-state index in [9.17, 15) is 31.2 Å². The Morgan fingerprint density at radius 2 is 1.61 bits per heavy atom. The second-order valence-electron chi connectivity index (χ2n) is 9.81. The summed E-state index contributed by atoms with van der Waals surface area (Å²) >= 11 is 18.7. The fourth-order valence-electron chi connectivity index (χ4n) is 4.37. The highest BCUT2D eigenvalue weighted by molar-refractivity contribution is 7.92. The average molecular weight is 693 g/mol. The van der Waals surface area contributed by atoms with Crippen LogP contribution in [-0.2, 0) is 32.3 Å². The number of benzene rings is 3. The van der Waals surface area contributed by atoms with Crippen LogP contribution in [0.15, 0.2) is 71.6 Å². The van der Waals surface area contributed by atoms with Crippen molar-refractivity contribution in [1.82, 2.24) is 10.2 Å². The van der Waals surface area contributed by atoms with E-state index >= 15 is 0 Å². The van der Waals surface area contributed by atoms with Gasteiger partial charge in [0.25, 0.3) is 10.0 Å². The summed E-state index contributed by atoms with van der Waals surface area (Å²) in [7, 11) is -4.63. The van der Waals surface area contributed by atoms with E-state index in [0.717, 1.165) is 17.4 Å². The SMILES string of the molecule is CCCCNC(=O)C(CC)N(Cc1ccc(Cl)cc1Cl)C(=O)CN(c1cc(C(F)(F)F)ccc1Cl)S(=O)(=O)c1ccccc1.